The maximum Gasteiger partial charge on any atom is 0.275 e. The predicted octanol–water partition coefficient (Wildman–Crippen LogP) is 3.86. The molecule has 0 atom stereocenters. The van der Waals surface area contributed by atoms with E-state index in [1.54, 1.807) is 18.3 Å². The van der Waals surface area contributed by atoms with Gasteiger partial charge >= 0.3 is 0 Å². The van der Waals surface area contributed by atoms with Gasteiger partial charge in [0, 0.05) is 15.1 Å². The van der Waals surface area contributed by atoms with Gasteiger partial charge in [-0.05, 0) is 56.1 Å². The van der Waals surface area contributed by atoms with Gasteiger partial charge in [0.05, 0.1) is 5.69 Å². The van der Waals surface area contributed by atoms with Crippen LogP contribution in [0.4, 0.5) is 5.69 Å². The Bertz CT molecular complexity index is 558. The first-order valence-corrected chi connectivity index (χ1v) is 6.43. The summed E-state index contributed by atoms with van der Waals surface area (Å²) < 4.78 is 1.50. The average molecular weight is 356 g/mol. The van der Waals surface area contributed by atoms with E-state index in [4.69, 9.17) is 0 Å². The Morgan fingerprint density at radius 3 is 2.47 bits per heavy atom. The standard InChI is InChI=1S/C12H8Br2N2O/c13-8-4-1-2-6-10(8)16-12(17)11-9(14)5-3-7-15-11/h1-7H,(H,16,17). The Kier molecular flexibility index (Phi) is 3.91. The molecule has 0 aliphatic heterocycles. The molecule has 3 nitrogen and oxygen atoms in total. The van der Waals surface area contributed by atoms with Crippen molar-refractivity contribution < 1.29 is 4.79 Å². The van der Waals surface area contributed by atoms with Gasteiger partial charge in [0.15, 0.2) is 0 Å². The highest BCUT2D eigenvalue weighted by atomic mass is 79.9. The maximum atomic E-state index is 12.0. The van der Waals surface area contributed by atoms with Crippen molar-refractivity contribution >= 4 is 43.5 Å². The summed E-state index contributed by atoms with van der Waals surface area (Å²) in [4.78, 5) is 16.0. The summed E-state index contributed by atoms with van der Waals surface area (Å²) in [5, 5.41) is 2.79. The Morgan fingerprint density at radius 1 is 1.06 bits per heavy atom. The number of anilines is 1. The molecule has 1 amide bonds. The third kappa shape index (κ3) is 2.92. The van der Waals surface area contributed by atoms with Crippen LogP contribution in [0.5, 0.6) is 0 Å². The minimum atomic E-state index is -0.246. The van der Waals surface area contributed by atoms with Gasteiger partial charge in [-0.15, -0.1) is 0 Å². The fourth-order valence-corrected chi connectivity index (χ4v) is 2.12. The highest BCUT2D eigenvalue weighted by molar-refractivity contribution is 9.11. The number of pyridine rings is 1. The van der Waals surface area contributed by atoms with Crippen LogP contribution < -0.4 is 5.32 Å². The van der Waals surface area contributed by atoms with Gasteiger partial charge in [-0.25, -0.2) is 4.98 Å². The lowest BCUT2D eigenvalue weighted by atomic mass is 10.3. The van der Waals surface area contributed by atoms with E-state index in [1.165, 1.54) is 0 Å². The molecule has 0 bridgehead atoms. The molecule has 0 aliphatic carbocycles. The number of nitrogens with zero attached hydrogens (tertiary/aromatic N) is 1. The molecule has 0 fully saturated rings. The lowest BCUT2D eigenvalue weighted by molar-refractivity contribution is 0.102. The summed E-state index contributed by atoms with van der Waals surface area (Å²) in [6.45, 7) is 0. The van der Waals surface area contributed by atoms with Crippen LogP contribution in [-0.4, -0.2) is 10.9 Å². The summed E-state index contributed by atoms with van der Waals surface area (Å²) in [5.74, 6) is -0.246. The molecular weight excluding hydrogens is 348 g/mol. The molecule has 1 heterocycles. The van der Waals surface area contributed by atoms with Gasteiger partial charge in [-0.1, -0.05) is 12.1 Å². The fourth-order valence-electron chi connectivity index (χ4n) is 1.30. The summed E-state index contributed by atoms with van der Waals surface area (Å²) >= 11 is 6.66. The summed E-state index contributed by atoms with van der Waals surface area (Å²) in [6, 6.07) is 11.0. The minimum Gasteiger partial charge on any atom is -0.320 e. The van der Waals surface area contributed by atoms with E-state index in [9.17, 15) is 4.79 Å². The van der Waals surface area contributed by atoms with Crippen LogP contribution in [0.2, 0.25) is 0 Å². The van der Waals surface area contributed by atoms with Crippen molar-refractivity contribution in [3.8, 4) is 0 Å². The largest absolute Gasteiger partial charge is 0.320 e. The van der Waals surface area contributed by atoms with Gasteiger partial charge in [0.2, 0.25) is 0 Å². The number of rotatable bonds is 2. The van der Waals surface area contributed by atoms with Crippen LogP contribution in [-0.2, 0) is 0 Å². The molecule has 5 heteroatoms. The number of para-hydroxylation sites is 1. The Balaban J connectivity index is 2.24. The average Bonchev–Trinajstić information content (AvgIpc) is 2.32. The highest BCUT2D eigenvalue weighted by Crippen LogP contribution is 2.22. The van der Waals surface area contributed by atoms with Crippen molar-refractivity contribution in [2.24, 2.45) is 0 Å². The maximum absolute atomic E-state index is 12.0. The normalized spacial score (nSPS) is 10.0. The number of hydrogen-bond acceptors (Lipinski definition) is 2. The van der Waals surface area contributed by atoms with E-state index in [-0.39, 0.29) is 5.91 Å². The van der Waals surface area contributed by atoms with Gasteiger partial charge in [-0.3, -0.25) is 4.79 Å². The number of amides is 1. The Morgan fingerprint density at radius 2 is 1.76 bits per heavy atom. The molecule has 0 radical (unpaired) electrons. The van der Waals surface area contributed by atoms with Crippen LogP contribution >= 0.6 is 31.9 Å². The lowest BCUT2D eigenvalue weighted by Crippen LogP contribution is -2.14. The smallest absolute Gasteiger partial charge is 0.275 e. The number of carbonyl (C=O) groups is 1. The van der Waals surface area contributed by atoms with Crippen molar-refractivity contribution in [3.05, 3.63) is 57.2 Å². The number of hydrogen-bond donors (Lipinski definition) is 1. The summed E-state index contributed by atoms with van der Waals surface area (Å²) in [7, 11) is 0. The molecule has 0 saturated carbocycles. The lowest BCUT2D eigenvalue weighted by Gasteiger charge is -2.07. The van der Waals surface area contributed by atoms with Gasteiger partial charge in [0.1, 0.15) is 5.69 Å². The molecule has 17 heavy (non-hydrogen) atoms. The molecule has 0 unspecified atom stereocenters. The minimum absolute atomic E-state index is 0.246. The second kappa shape index (κ2) is 5.42. The first kappa shape index (κ1) is 12.3. The molecule has 2 aromatic rings. The molecule has 0 saturated heterocycles. The van der Waals surface area contributed by atoms with Crippen LogP contribution in [0.1, 0.15) is 10.5 Å². The molecule has 1 aromatic carbocycles. The molecule has 0 spiro atoms. The van der Waals surface area contributed by atoms with Gasteiger partial charge in [-0.2, -0.15) is 0 Å². The zero-order valence-corrected chi connectivity index (χ0v) is 11.8. The van der Waals surface area contributed by atoms with Crippen LogP contribution in [0.15, 0.2) is 51.5 Å². The number of halogens is 2. The molecule has 1 aromatic heterocycles. The number of carbonyl (C=O) groups excluding carboxylic acids is 1. The topological polar surface area (TPSA) is 42.0 Å². The monoisotopic (exact) mass is 354 g/mol. The number of nitrogens with one attached hydrogen (secondary N) is 1. The second-order valence-corrected chi connectivity index (χ2v) is 4.98. The van der Waals surface area contributed by atoms with E-state index in [0.717, 1.165) is 10.2 Å². The first-order valence-electron chi connectivity index (χ1n) is 4.85. The molecule has 86 valence electrons. The Hall–Kier alpha value is -1.20. The van der Waals surface area contributed by atoms with E-state index in [2.05, 4.69) is 42.2 Å². The van der Waals surface area contributed by atoms with Crippen molar-refractivity contribution in [2.45, 2.75) is 0 Å². The number of benzene rings is 1. The zero-order chi connectivity index (χ0) is 12.3. The van der Waals surface area contributed by atoms with Crippen LogP contribution in [0.3, 0.4) is 0 Å². The zero-order valence-electron chi connectivity index (χ0n) is 8.65. The SMILES string of the molecule is O=C(Nc1ccccc1Br)c1ncccc1Br. The Labute approximate surface area is 116 Å². The molecular formula is C12H8Br2N2O. The third-order valence-electron chi connectivity index (χ3n) is 2.10. The van der Waals surface area contributed by atoms with Crippen LogP contribution in [0.25, 0.3) is 0 Å². The van der Waals surface area contributed by atoms with E-state index in [0.29, 0.717) is 10.2 Å². The van der Waals surface area contributed by atoms with Crippen molar-refractivity contribution in [2.75, 3.05) is 5.32 Å². The fraction of sp³-hybridized carbons (Fsp3) is 0. The highest BCUT2D eigenvalue weighted by Gasteiger charge is 2.12. The summed E-state index contributed by atoms with van der Waals surface area (Å²) in [6.07, 6.45) is 1.58. The van der Waals surface area contributed by atoms with Crippen molar-refractivity contribution in [1.82, 2.24) is 4.98 Å². The van der Waals surface area contributed by atoms with E-state index < -0.39 is 0 Å². The predicted molar refractivity (Wildman–Crippen MR) is 74.0 cm³/mol. The third-order valence-corrected chi connectivity index (χ3v) is 3.43. The van der Waals surface area contributed by atoms with Crippen molar-refractivity contribution in [1.29, 1.82) is 0 Å². The first-order chi connectivity index (χ1) is 8.18. The molecule has 1 N–H and O–H groups in total. The second-order valence-electron chi connectivity index (χ2n) is 3.27. The van der Waals surface area contributed by atoms with E-state index in [1.807, 2.05) is 24.3 Å². The van der Waals surface area contributed by atoms with Gasteiger partial charge in [0.25, 0.3) is 5.91 Å². The van der Waals surface area contributed by atoms with E-state index >= 15 is 0 Å². The van der Waals surface area contributed by atoms with Crippen LogP contribution in [0, 0.1) is 0 Å². The number of aromatic nitrogens is 1. The quantitative estimate of drug-likeness (QED) is 0.888. The van der Waals surface area contributed by atoms with Gasteiger partial charge < -0.3 is 5.32 Å². The molecule has 0 aliphatic rings. The molecule has 2 rings (SSSR count). The summed E-state index contributed by atoms with van der Waals surface area (Å²) in [5.41, 5.74) is 1.08. The van der Waals surface area contributed by atoms with Crippen molar-refractivity contribution in [3.63, 3.8) is 0 Å².